The molecule has 0 spiro atoms. The molecule has 3 nitrogen and oxygen atoms in total. The highest BCUT2D eigenvalue weighted by Crippen LogP contribution is 2.25. The second kappa shape index (κ2) is 3.57. The molecular formula is C5H9BO3S2. The molecule has 4 unspecified atom stereocenters. The molecule has 1 saturated heterocycles. The van der Waals surface area contributed by atoms with Gasteiger partial charge in [0, 0.05) is 6.00 Å². The van der Waals surface area contributed by atoms with Gasteiger partial charge in [0.1, 0.15) is 20.1 Å². The van der Waals surface area contributed by atoms with E-state index in [1.165, 1.54) is 0 Å². The minimum Gasteiger partial charge on any atom is -0.388 e. The quantitative estimate of drug-likeness (QED) is 0.239. The van der Waals surface area contributed by atoms with E-state index in [1.807, 2.05) is 0 Å². The van der Waals surface area contributed by atoms with E-state index in [9.17, 15) is 5.11 Å². The van der Waals surface area contributed by atoms with Gasteiger partial charge in [0.15, 0.2) is 0 Å². The zero-order chi connectivity index (χ0) is 8.59. The van der Waals surface area contributed by atoms with Crippen LogP contribution in [0.1, 0.15) is 0 Å². The Balaban J connectivity index is 2.59. The summed E-state index contributed by atoms with van der Waals surface area (Å²) in [7, 11) is 5.30. The third kappa shape index (κ3) is 1.87. The number of ether oxygens (including phenoxy) is 1. The summed E-state index contributed by atoms with van der Waals surface area (Å²) in [5.41, 5.74) is 0. The van der Waals surface area contributed by atoms with Gasteiger partial charge in [-0.1, -0.05) is 0 Å². The third-order valence-electron chi connectivity index (χ3n) is 1.63. The Kier molecular flexibility index (Phi) is 3.16. The molecule has 62 valence electrons. The van der Waals surface area contributed by atoms with Gasteiger partial charge in [0.2, 0.25) is 0 Å². The second-order valence-electron chi connectivity index (χ2n) is 2.46. The van der Waals surface area contributed by atoms with Gasteiger partial charge >= 0.3 is 0 Å². The van der Waals surface area contributed by atoms with Crippen LogP contribution in [0.4, 0.5) is 0 Å². The van der Waals surface area contributed by atoms with Crippen molar-refractivity contribution in [1.82, 2.24) is 0 Å². The molecule has 1 rings (SSSR count). The minimum absolute atomic E-state index is 0.437. The highest BCUT2D eigenvalue weighted by Gasteiger charge is 2.41. The molecule has 6 heteroatoms. The lowest BCUT2D eigenvalue weighted by molar-refractivity contribution is 0.0310. The Bertz CT molecular complexity index is 146. The first-order valence-electron chi connectivity index (χ1n) is 3.17. The normalized spacial score (nSPS) is 45.2. The van der Waals surface area contributed by atoms with Gasteiger partial charge in [0.05, 0.1) is 10.7 Å². The number of aliphatic hydroxyl groups excluding tert-OH is 2. The van der Waals surface area contributed by atoms with Crippen LogP contribution in [0, 0.1) is 0 Å². The topological polar surface area (TPSA) is 49.7 Å². The SMILES string of the molecule is [B]C1OC(C(S)S)C(O)C1O. The van der Waals surface area contributed by atoms with Crippen molar-refractivity contribution in [3.63, 3.8) is 0 Å². The molecule has 2 radical (unpaired) electrons. The Morgan fingerprint density at radius 2 is 1.82 bits per heavy atom. The summed E-state index contributed by atoms with van der Waals surface area (Å²) in [5, 5.41) is 18.4. The van der Waals surface area contributed by atoms with Crippen LogP contribution in [0.25, 0.3) is 0 Å². The molecule has 0 saturated carbocycles. The fourth-order valence-corrected chi connectivity index (χ4v) is 1.47. The molecule has 11 heavy (non-hydrogen) atoms. The Morgan fingerprint density at radius 3 is 2.00 bits per heavy atom. The van der Waals surface area contributed by atoms with E-state index >= 15 is 0 Å². The average Bonchev–Trinajstić information content (AvgIpc) is 2.17. The lowest BCUT2D eigenvalue weighted by Crippen LogP contribution is -2.35. The molecule has 2 N–H and O–H groups in total. The monoisotopic (exact) mass is 192 g/mol. The van der Waals surface area contributed by atoms with Crippen molar-refractivity contribution in [1.29, 1.82) is 0 Å². The number of rotatable bonds is 1. The van der Waals surface area contributed by atoms with E-state index in [0.717, 1.165) is 0 Å². The minimum atomic E-state index is -1.04. The van der Waals surface area contributed by atoms with Crippen LogP contribution in [0.15, 0.2) is 0 Å². The first-order chi connectivity index (χ1) is 5.04. The number of hydrogen-bond donors (Lipinski definition) is 4. The van der Waals surface area contributed by atoms with Gasteiger partial charge in [-0.05, 0) is 0 Å². The molecule has 1 aliphatic rings. The van der Waals surface area contributed by atoms with Gasteiger partial charge in [-0.3, -0.25) is 0 Å². The summed E-state index contributed by atoms with van der Waals surface area (Å²) < 4.78 is 4.54. The van der Waals surface area contributed by atoms with Gasteiger partial charge in [-0.25, -0.2) is 0 Å². The zero-order valence-corrected chi connectivity index (χ0v) is 7.45. The Hall–Kier alpha value is 0.645. The van der Waals surface area contributed by atoms with E-state index in [4.69, 9.17) is 17.7 Å². The Labute approximate surface area is 77.4 Å². The van der Waals surface area contributed by atoms with Crippen LogP contribution in [0.3, 0.4) is 0 Å². The van der Waals surface area contributed by atoms with E-state index in [1.54, 1.807) is 0 Å². The highest BCUT2D eigenvalue weighted by molar-refractivity contribution is 7.99. The van der Waals surface area contributed by atoms with Crippen LogP contribution in [0.5, 0.6) is 0 Å². The molecule has 0 aromatic carbocycles. The first-order valence-corrected chi connectivity index (χ1v) is 4.20. The van der Waals surface area contributed by atoms with Crippen LogP contribution in [-0.4, -0.2) is 47.0 Å². The predicted molar refractivity (Wildman–Crippen MR) is 48.2 cm³/mol. The van der Waals surface area contributed by atoms with Crippen molar-refractivity contribution in [2.45, 2.75) is 28.9 Å². The van der Waals surface area contributed by atoms with Crippen molar-refractivity contribution in [3.05, 3.63) is 0 Å². The van der Waals surface area contributed by atoms with Crippen molar-refractivity contribution in [2.75, 3.05) is 0 Å². The van der Waals surface area contributed by atoms with Crippen molar-refractivity contribution >= 4 is 33.1 Å². The maximum Gasteiger partial charge on any atom is 0.112 e. The van der Waals surface area contributed by atoms with Crippen molar-refractivity contribution in [3.8, 4) is 0 Å². The van der Waals surface area contributed by atoms with E-state index in [-0.39, 0.29) is 0 Å². The molecule has 0 amide bonds. The Morgan fingerprint density at radius 1 is 1.27 bits per heavy atom. The van der Waals surface area contributed by atoms with Gasteiger partial charge in [0.25, 0.3) is 0 Å². The summed E-state index contributed by atoms with van der Waals surface area (Å²) in [6.07, 6.45) is -2.64. The lowest BCUT2D eigenvalue weighted by atomic mass is 9.93. The summed E-state index contributed by atoms with van der Waals surface area (Å²) in [6, 6.07) is -0.836. The number of thiol groups is 2. The van der Waals surface area contributed by atoms with Crippen LogP contribution < -0.4 is 0 Å². The van der Waals surface area contributed by atoms with Gasteiger partial charge in [-0.15, -0.1) is 0 Å². The largest absolute Gasteiger partial charge is 0.388 e. The zero-order valence-electron chi connectivity index (χ0n) is 5.66. The summed E-state index contributed by atoms with van der Waals surface area (Å²) in [5.74, 6) is 0. The molecular weight excluding hydrogens is 183 g/mol. The van der Waals surface area contributed by atoms with E-state index in [0.29, 0.717) is 0 Å². The smallest absolute Gasteiger partial charge is 0.112 e. The molecule has 1 fully saturated rings. The first kappa shape index (κ1) is 9.73. The van der Waals surface area contributed by atoms with Gasteiger partial charge < -0.3 is 14.9 Å². The lowest BCUT2D eigenvalue weighted by Gasteiger charge is -2.16. The molecule has 1 heterocycles. The van der Waals surface area contributed by atoms with Gasteiger partial charge in [-0.2, -0.15) is 25.3 Å². The standard InChI is InChI=1S/C5H9BO3S2/c6-4-2(8)1(7)3(9-4)5(10)11/h1-5,7-8,10-11H. The highest BCUT2D eigenvalue weighted by atomic mass is 32.2. The molecule has 0 aliphatic carbocycles. The molecule has 0 aromatic rings. The maximum absolute atomic E-state index is 9.25. The average molecular weight is 192 g/mol. The molecule has 0 bridgehead atoms. The summed E-state index contributed by atoms with van der Waals surface area (Å²) >= 11 is 7.89. The number of aliphatic hydroxyl groups is 2. The van der Waals surface area contributed by atoms with Crippen LogP contribution >= 0.6 is 25.3 Å². The summed E-state index contributed by atoms with van der Waals surface area (Å²) in [4.78, 5) is 0. The maximum atomic E-state index is 9.25. The van der Waals surface area contributed by atoms with E-state index < -0.39 is 28.9 Å². The molecule has 1 aliphatic heterocycles. The summed E-state index contributed by atoms with van der Waals surface area (Å²) in [6.45, 7) is 0. The predicted octanol–water partition coefficient (Wildman–Crippen LogP) is -1.21. The third-order valence-corrected chi connectivity index (χ3v) is 2.22. The van der Waals surface area contributed by atoms with Crippen molar-refractivity contribution in [2.24, 2.45) is 0 Å². The van der Waals surface area contributed by atoms with Crippen LogP contribution in [0.2, 0.25) is 0 Å². The number of hydrogen-bond acceptors (Lipinski definition) is 5. The fourth-order valence-electron chi connectivity index (χ4n) is 0.978. The fraction of sp³-hybridized carbons (Fsp3) is 1.00. The molecule has 0 aromatic heterocycles. The second-order valence-corrected chi connectivity index (χ2v) is 3.98. The van der Waals surface area contributed by atoms with E-state index in [2.05, 4.69) is 25.3 Å². The van der Waals surface area contributed by atoms with Crippen LogP contribution in [-0.2, 0) is 4.74 Å². The van der Waals surface area contributed by atoms with Crippen molar-refractivity contribution < 1.29 is 14.9 Å². The molecule has 4 atom stereocenters.